The first-order valence-corrected chi connectivity index (χ1v) is 8.29. The summed E-state index contributed by atoms with van der Waals surface area (Å²) in [5.41, 5.74) is 0.445. The fourth-order valence-electron chi connectivity index (χ4n) is 1.99. The van der Waals surface area contributed by atoms with Crippen LogP contribution in [0.15, 0.2) is 57.8 Å². The van der Waals surface area contributed by atoms with Gasteiger partial charge in [-0.2, -0.15) is 0 Å². The molecule has 0 radical (unpaired) electrons. The highest BCUT2D eigenvalue weighted by atomic mass is 32.2. The number of carbonyl (C=O) groups excluding carboxylic acids is 1. The molecule has 0 spiro atoms. The number of thioether (sulfide) groups is 1. The van der Waals surface area contributed by atoms with Crippen molar-refractivity contribution < 1.29 is 18.3 Å². The van der Waals surface area contributed by atoms with E-state index in [-0.39, 0.29) is 23.6 Å². The molecule has 1 heterocycles. The lowest BCUT2D eigenvalue weighted by atomic mass is 10.2. The molecule has 8 heteroatoms. The van der Waals surface area contributed by atoms with Gasteiger partial charge in [-0.05, 0) is 42.5 Å². The minimum atomic E-state index is -0.405. The maximum Gasteiger partial charge on any atom is 0.322 e. The van der Waals surface area contributed by atoms with E-state index >= 15 is 0 Å². The van der Waals surface area contributed by atoms with Crippen molar-refractivity contribution in [3.8, 4) is 17.2 Å². The smallest absolute Gasteiger partial charge is 0.322 e. The molecule has 25 heavy (non-hydrogen) atoms. The van der Waals surface area contributed by atoms with Gasteiger partial charge in [-0.3, -0.25) is 10.1 Å². The Labute approximate surface area is 147 Å². The van der Waals surface area contributed by atoms with Gasteiger partial charge in [0.05, 0.1) is 12.9 Å². The number of amides is 1. The molecule has 6 nitrogen and oxygen atoms in total. The highest BCUT2D eigenvalue weighted by Crippen LogP contribution is 2.23. The Morgan fingerprint density at radius 3 is 2.76 bits per heavy atom. The molecule has 0 fully saturated rings. The molecule has 0 aliphatic rings. The third kappa shape index (κ3) is 4.57. The Kier molecular flexibility index (Phi) is 5.30. The molecule has 1 N–H and O–H groups in total. The van der Waals surface area contributed by atoms with Gasteiger partial charge in [-0.1, -0.05) is 11.2 Å². The van der Waals surface area contributed by atoms with Gasteiger partial charge in [0.2, 0.25) is 11.8 Å². The first-order chi connectivity index (χ1) is 12.1. The molecule has 0 saturated carbocycles. The van der Waals surface area contributed by atoms with Crippen LogP contribution in [-0.4, -0.2) is 29.0 Å². The summed E-state index contributed by atoms with van der Waals surface area (Å²) in [5.74, 6) is 0.388. The van der Waals surface area contributed by atoms with Crippen LogP contribution in [0.1, 0.15) is 0 Å². The summed E-state index contributed by atoms with van der Waals surface area (Å²) in [5, 5.41) is 10.1. The van der Waals surface area contributed by atoms with Crippen LogP contribution < -0.4 is 10.1 Å². The van der Waals surface area contributed by atoms with Crippen LogP contribution >= 0.6 is 11.8 Å². The Balaban J connectivity index is 1.56. The van der Waals surface area contributed by atoms with Crippen molar-refractivity contribution in [2.45, 2.75) is 4.90 Å². The first kappa shape index (κ1) is 17.0. The van der Waals surface area contributed by atoms with Crippen LogP contribution in [-0.2, 0) is 4.79 Å². The number of anilines is 1. The van der Waals surface area contributed by atoms with E-state index < -0.39 is 5.82 Å². The van der Waals surface area contributed by atoms with E-state index in [1.54, 1.807) is 19.2 Å². The van der Waals surface area contributed by atoms with Crippen LogP contribution in [0.3, 0.4) is 0 Å². The van der Waals surface area contributed by atoms with Crippen molar-refractivity contribution in [2.75, 3.05) is 18.2 Å². The summed E-state index contributed by atoms with van der Waals surface area (Å²) in [4.78, 5) is 12.9. The van der Waals surface area contributed by atoms with Crippen LogP contribution in [0.25, 0.3) is 11.5 Å². The third-order valence-electron chi connectivity index (χ3n) is 3.17. The lowest BCUT2D eigenvalue weighted by Gasteiger charge is -2.03. The summed E-state index contributed by atoms with van der Waals surface area (Å²) in [6.07, 6.45) is 0. The summed E-state index contributed by atoms with van der Waals surface area (Å²) >= 11 is 1.37. The summed E-state index contributed by atoms with van der Waals surface area (Å²) in [6.45, 7) is 0. The van der Waals surface area contributed by atoms with Crippen LogP contribution in [0.5, 0.6) is 5.75 Å². The number of carbonyl (C=O) groups is 1. The zero-order chi connectivity index (χ0) is 17.6. The molecule has 1 aromatic heterocycles. The van der Waals surface area contributed by atoms with Gasteiger partial charge >= 0.3 is 6.01 Å². The van der Waals surface area contributed by atoms with E-state index in [0.29, 0.717) is 5.56 Å². The number of ether oxygens (including phenoxy) is 1. The minimum absolute atomic E-state index is 0.0282. The largest absolute Gasteiger partial charge is 0.497 e. The highest BCUT2D eigenvalue weighted by molar-refractivity contribution is 8.00. The van der Waals surface area contributed by atoms with E-state index in [1.807, 2.05) is 24.3 Å². The first-order valence-electron chi connectivity index (χ1n) is 7.30. The number of hydrogen-bond donors (Lipinski definition) is 1. The van der Waals surface area contributed by atoms with Crippen molar-refractivity contribution in [2.24, 2.45) is 0 Å². The number of halogens is 1. The number of benzene rings is 2. The molecule has 0 atom stereocenters. The van der Waals surface area contributed by atoms with E-state index in [9.17, 15) is 9.18 Å². The SMILES string of the molecule is COc1ccc(SCC(=O)Nc2nnc(-c3cccc(F)c3)o2)cc1. The molecular formula is C17H14FN3O3S. The molecule has 0 saturated heterocycles. The van der Waals surface area contributed by atoms with Crippen molar-refractivity contribution in [3.63, 3.8) is 0 Å². The minimum Gasteiger partial charge on any atom is -0.497 e. The van der Waals surface area contributed by atoms with Gasteiger partial charge in [-0.25, -0.2) is 4.39 Å². The zero-order valence-corrected chi connectivity index (χ0v) is 14.0. The lowest BCUT2D eigenvalue weighted by Crippen LogP contribution is -2.14. The molecule has 0 aliphatic carbocycles. The predicted molar refractivity (Wildman–Crippen MR) is 92.0 cm³/mol. The maximum absolute atomic E-state index is 13.2. The molecule has 3 aromatic rings. The van der Waals surface area contributed by atoms with E-state index in [1.165, 1.54) is 23.9 Å². The van der Waals surface area contributed by atoms with E-state index in [0.717, 1.165) is 10.6 Å². The monoisotopic (exact) mass is 359 g/mol. The average molecular weight is 359 g/mol. The topological polar surface area (TPSA) is 77.2 Å². The van der Waals surface area contributed by atoms with Crippen LogP contribution in [0.2, 0.25) is 0 Å². The standard InChI is InChI=1S/C17H14FN3O3S/c1-23-13-5-7-14(8-6-13)25-10-15(22)19-17-21-20-16(24-17)11-3-2-4-12(18)9-11/h2-9H,10H2,1H3,(H,19,21,22). The Hall–Kier alpha value is -2.87. The Bertz CT molecular complexity index is 868. The molecule has 3 rings (SSSR count). The lowest BCUT2D eigenvalue weighted by molar-refractivity contribution is -0.113. The fraction of sp³-hybridized carbons (Fsp3) is 0.118. The average Bonchev–Trinajstić information content (AvgIpc) is 3.09. The van der Waals surface area contributed by atoms with E-state index in [2.05, 4.69) is 15.5 Å². The number of hydrogen-bond acceptors (Lipinski definition) is 6. The molecule has 128 valence electrons. The number of nitrogens with one attached hydrogen (secondary N) is 1. The quantitative estimate of drug-likeness (QED) is 0.678. The second-order valence-electron chi connectivity index (χ2n) is 4.94. The number of methoxy groups -OCH3 is 1. The van der Waals surface area contributed by atoms with Gasteiger partial charge in [0, 0.05) is 10.5 Å². The van der Waals surface area contributed by atoms with Crippen LogP contribution in [0, 0.1) is 5.82 Å². The van der Waals surface area contributed by atoms with Gasteiger partial charge in [0.1, 0.15) is 11.6 Å². The molecular weight excluding hydrogens is 345 g/mol. The number of nitrogens with zero attached hydrogens (tertiary/aromatic N) is 2. The maximum atomic E-state index is 13.2. The zero-order valence-electron chi connectivity index (χ0n) is 13.2. The van der Waals surface area contributed by atoms with Gasteiger partial charge in [0.15, 0.2) is 0 Å². The number of rotatable bonds is 6. The van der Waals surface area contributed by atoms with Gasteiger partial charge < -0.3 is 9.15 Å². The number of aromatic nitrogens is 2. The molecule has 2 aromatic carbocycles. The molecule has 0 aliphatic heterocycles. The van der Waals surface area contributed by atoms with Crippen LogP contribution in [0.4, 0.5) is 10.4 Å². The normalized spacial score (nSPS) is 10.5. The fourth-order valence-corrected chi connectivity index (χ4v) is 2.69. The van der Waals surface area contributed by atoms with Gasteiger partial charge in [-0.15, -0.1) is 16.9 Å². The summed E-state index contributed by atoms with van der Waals surface area (Å²) in [7, 11) is 1.60. The van der Waals surface area contributed by atoms with Gasteiger partial charge in [0.25, 0.3) is 0 Å². The molecule has 1 amide bonds. The highest BCUT2D eigenvalue weighted by Gasteiger charge is 2.12. The second kappa shape index (κ2) is 7.80. The molecule has 0 bridgehead atoms. The Morgan fingerprint density at radius 1 is 1.24 bits per heavy atom. The second-order valence-corrected chi connectivity index (χ2v) is 5.98. The third-order valence-corrected chi connectivity index (χ3v) is 4.18. The van der Waals surface area contributed by atoms with Crippen molar-refractivity contribution >= 4 is 23.7 Å². The summed E-state index contributed by atoms with van der Waals surface area (Å²) in [6, 6.07) is 13.1. The predicted octanol–water partition coefficient (Wildman–Crippen LogP) is 3.62. The van der Waals surface area contributed by atoms with E-state index in [4.69, 9.17) is 9.15 Å². The van der Waals surface area contributed by atoms with Crippen molar-refractivity contribution in [3.05, 3.63) is 54.3 Å². The summed E-state index contributed by atoms with van der Waals surface area (Å²) < 4.78 is 23.6. The van der Waals surface area contributed by atoms with Crippen molar-refractivity contribution in [1.29, 1.82) is 0 Å². The Morgan fingerprint density at radius 2 is 2.04 bits per heavy atom. The molecule has 0 unspecified atom stereocenters. The van der Waals surface area contributed by atoms with Crippen molar-refractivity contribution in [1.82, 2.24) is 10.2 Å².